The van der Waals surface area contributed by atoms with Gasteiger partial charge in [0, 0.05) is 5.92 Å². The van der Waals surface area contributed by atoms with Crippen LogP contribution in [0.3, 0.4) is 0 Å². The van der Waals surface area contributed by atoms with E-state index in [1.54, 1.807) is 0 Å². The van der Waals surface area contributed by atoms with Gasteiger partial charge in [-0.05, 0) is 25.7 Å². The highest BCUT2D eigenvalue weighted by atomic mass is 16.5. The van der Waals surface area contributed by atoms with Crippen LogP contribution in [0.2, 0.25) is 0 Å². The predicted octanol–water partition coefficient (Wildman–Crippen LogP) is 1.62. The Balaban J connectivity index is 2.49. The molecule has 2 atom stereocenters. The summed E-state index contributed by atoms with van der Waals surface area (Å²) in [4.78, 5) is 22.6. The third-order valence-corrected chi connectivity index (χ3v) is 3.40. The first kappa shape index (κ1) is 13.0. The molecule has 0 aromatic rings. The maximum absolute atomic E-state index is 11.4. The lowest BCUT2D eigenvalue weighted by atomic mass is 9.95. The van der Waals surface area contributed by atoms with E-state index < -0.39 is 0 Å². The highest BCUT2D eigenvalue weighted by Gasteiger charge is 2.23. The Morgan fingerprint density at radius 3 is 2.06 bits per heavy atom. The molecule has 1 aliphatic rings. The molecule has 1 rings (SSSR count). The van der Waals surface area contributed by atoms with Crippen LogP contribution in [-0.4, -0.2) is 19.0 Å². The lowest BCUT2D eigenvalue weighted by molar-refractivity contribution is -0.146. The number of hydrogen-bond acceptors (Lipinski definition) is 3. The van der Waals surface area contributed by atoms with Crippen molar-refractivity contribution in [3.05, 3.63) is 0 Å². The van der Waals surface area contributed by atoms with Gasteiger partial charge in [0.2, 0.25) is 5.91 Å². The normalized spacial score (nSPS) is 27.3. The first-order valence-corrected chi connectivity index (χ1v) is 6.02. The summed E-state index contributed by atoms with van der Waals surface area (Å²) in [6.07, 6.45) is 6.19. The molecular weight excluding hydrogens is 206 g/mol. The number of ether oxygens (including phenoxy) is 1. The van der Waals surface area contributed by atoms with Gasteiger partial charge < -0.3 is 10.5 Å². The van der Waals surface area contributed by atoms with Gasteiger partial charge in [-0.25, -0.2) is 0 Å². The first-order valence-electron chi connectivity index (χ1n) is 6.02. The fourth-order valence-electron chi connectivity index (χ4n) is 2.37. The summed E-state index contributed by atoms with van der Waals surface area (Å²) in [5.41, 5.74) is 5.33. The molecule has 4 heteroatoms. The van der Waals surface area contributed by atoms with E-state index in [1.807, 2.05) is 0 Å². The molecule has 0 heterocycles. The summed E-state index contributed by atoms with van der Waals surface area (Å²) in [7, 11) is 1.43. The van der Waals surface area contributed by atoms with Crippen LogP contribution in [0.25, 0.3) is 0 Å². The van der Waals surface area contributed by atoms with Crippen LogP contribution in [0.4, 0.5) is 0 Å². The van der Waals surface area contributed by atoms with E-state index in [1.165, 1.54) is 7.11 Å². The largest absolute Gasteiger partial charge is 0.469 e. The zero-order chi connectivity index (χ0) is 12.0. The van der Waals surface area contributed by atoms with E-state index in [4.69, 9.17) is 10.5 Å². The summed E-state index contributed by atoms with van der Waals surface area (Å²) in [5.74, 6) is -0.304. The van der Waals surface area contributed by atoms with Crippen molar-refractivity contribution in [3.63, 3.8) is 0 Å². The van der Waals surface area contributed by atoms with E-state index in [0.717, 1.165) is 44.9 Å². The van der Waals surface area contributed by atoms with Gasteiger partial charge in [0.05, 0.1) is 13.0 Å². The second-order valence-electron chi connectivity index (χ2n) is 4.53. The molecule has 0 aromatic heterocycles. The molecule has 1 aliphatic carbocycles. The van der Waals surface area contributed by atoms with Gasteiger partial charge in [-0.1, -0.05) is 19.3 Å². The van der Waals surface area contributed by atoms with E-state index in [2.05, 4.69) is 0 Å². The van der Waals surface area contributed by atoms with Crippen molar-refractivity contribution in [2.75, 3.05) is 7.11 Å². The Hall–Kier alpha value is -1.06. The number of primary amides is 1. The molecule has 1 amide bonds. The van der Waals surface area contributed by atoms with Gasteiger partial charge in [0.25, 0.3) is 0 Å². The summed E-state index contributed by atoms with van der Waals surface area (Å²) in [5, 5.41) is 0. The fraction of sp³-hybridized carbons (Fsp3) is 0.833. The highest BCUT2D eigenvalue weighted by molar-refractivity contribution is 5.76. The summed E-state index contributed by atoms with van der Waals surface area (Å²) in [6.45, 7) is 0. The van der Waals surface area contributed by atoms with Crippen LogP contribution in [0.1, 0.15) is 44.9 Å². The number of hydrogen-bond donors (Lipinski definition) is 1. The maximum atomic E-state index is 11.4. The van der Waals surface area contributed by atoms with E-state index in [0.29, 0.717) is 0 Å². The molecule has 16 heavy (non-hydrogen) atoms. The smallest absolute Gasteiger partial charge is 0.308 e. The zero-order valence-corrected chi connectivity index (χ0v) is 9.91. The third-order valence-electron chi connectivity index (χ3n) is 3.40. The van der Waals surface area contributed by atoms with Gasteiger partial charge >= 0.3 is 5.97 Å². The molecular formula is C12H21NO3. The SMILES string of the molecule is COC(=O)C1CCCCC(C(N)=O)CCC1. The second kappa shape index (κ2) is 6.51. The Morgan fingerprint density at radius 1 is 1.00 bits per heavy atom. The molecule has 1 saturated carbocycles. The number of carbonyl (C=O) groups is 2. The van der Waals surface area contributed by atoms with Crippen molar-refractivity contribution in [3.8, 4) is 0 Å². The Labute approximate surface area is 96.5 Å². The molecule has 0 aliphatic heterocycles. The molecule has 92 valence electrons. The minimum Gasteiger partial charge on any atom is -0.469 e. The second-order valence-corrected chi connectivity index (χ2v) is 4.53. The van der Waals surface area contributed by atoms with Crippen molar-refractivity contribution in [2.45, 2.75) is 44.9 Å². The number of carbonyl (C=O) groups excluding carboxylic acids is 2. The number of amides is 1. The van der Waals surface area contributed by atoms with Crippen molar-refractivity contribution < 1.29 is 14.3 Å². The third kappa shape index (κ3) is 3.83. The Kier molecular flexibility index (Phi) is 5.29. The molecule has 1 fully saturated rings. The van der Waals surface area contributed by atoms with Gasteiger partial charge in [0.1, 0.15) is 0 Å². The van der Waals surface area contributed by atoms with Gasteiger partial charge in [-0.3, -0.25) is 9.59 Å². The molecule has 2 unspecified atom stereocenters. The van der Waals surface area contributed by atoms with Crippen LogP contribution >= 0.6 is 0 Å². The average Bonchev–Trinajstić information content (AvgIpc) is 2.39. The molecule has 0 bridgehead atoms. The monoisotopic (exact) mass is 227 g/mol. The number of methoxy groups -OCH3 is 1. The number of rotatable bonds is 2. The van der Waals surface area contributed by atoms with E-state index in [9.17, 15) is 9.59 Å². The fourth-order valence-corrected chi connectivity index (χ4v) is 2.37. The van der Waals surface area contributed by atoms with Crippen LogP contribution in [0.15, 0.2) is 0 Å². The van der Waals surface area contributed by atoms with Gasteiger partial charge in [-0.15, -0.1) is 0 Å². The van der Waals surface area contributed by atoms with Gasteiger partial charge in [0.15, 0.2) is 0 Å². The predicted molar refractivity (Wildman–Crippen MR) is 60.5 cm³/mol. The van der Waals surface area contributed by atoms with E-state index in [-0.39, 0.29) is 23.7 Å². The van der Waals surface area contributed by atoms with Crippen molar-refractivity contribution >= 4 is 11.9 Å². The van der Waals surface area contributed by atoms with E-state index >= 15 is 0 Å². The number of esters is 1. The standard InChI is InChI=1S/C12H21NO3/c1-16-12(15)10-6-3-2-5-9(11(13)14)7-4-8-10/h9-10H,2-8H2,1H3,(H2,13,14). The number of nitrogens with two attached hydrogens (primary N) is 1. The summed E-state index contributed by atoms with van der Waals surface area (Å²) < 4.78 is 4.77. The quantitative estimate of drug-likeness (QED) is 0.729. The molecule has 0 radical (unpaired) electrons. The molecule has 0 saturated heterocycles. The Morgan fingerprint density at radius 2 is 1.50 bits per heavy atom. The van der Waals surface area contributed by atoms with Crippen LogP contribution < -0.4 is 5.73 Å². The highest BCUT2D eigenvalue weighted by Crippen LogP contribution is 2.25. The summed E-state index contributed by atoms with van der Waals surface area (Å²) in [6, 6.07) is 0. The molecule has 4 nitrogen and oxygen atoms in total. The molecule has 0 spiro atoms. The lowest BCUT2D eigenvalue weighted by Crippen LogP contribution is -2.23. The summed E-state index contributed by atoms with van der Waals surface area (Å²) >= 11 is 0. The van der Waals surface area contributed by atoms with Crippen LogP contribution in [0, 0.1) is 11.8 Å². The molecule has 0 aromatic carbocycles. The van der Waals surface area contributed by atoms with Crippen molar-refractivity contribution in [1.29, 1.82) is 0 Å². The first-order chi connectivity index (χ1) is 7.65. The zero-order valence-electron chi connectivity index (χ0n) is 9.91. The molecule has 2 N–H and O–H groups in total. The van der Waals surface area contributed by atoms with Crippen molar-refractivity contribution in [1.82, 2.24) is 0 Å². The van der Waals surface area contributed by atoms with Crippen LogP contribution in [-0.2, 0) is 14.3 Å². The Bertz CT molecular complexity index is 253. The lowest BCUT2D eigenvalue weighted by Gasteiger charge is -2.13. The maximum Gasteiger partial charge on any atom is 0.308 e. The minimum absolute atomic E-state index is 0.00334. The average molecular weight is 227 g/mol. The van der Waals surface area contributed by atoms with Gasteiger partial charge in [-0.2, -0.15) is 0 Å². The van der Waals surface area contributed by atoms with Crippen molar-refractivity contribution in [2.24, 2.45) is 17.6 Å². The van der Waals surface area contributed by atoms with Crippen LogP contribution in [0.5, 0.6) is 0 Å². The topological polar surface area (TPSA) is 69.4 Å². The minimum atomic E-state index is -0.198.